The Bertz CT molecular complexity index is 1170. The average Bonchev–Trinajstić information content (AvgIpc) is 2.82. The molecule has 3 rings (SSSR count). The smallest absolute Gasteiger partial charge is 0.413 e. The van der Waals surface area contributed by atoms with Crippen LogP contribution in [0, 0.1) is 21.4 Å². The molecule has 2 aromatic rings. The number of carbonyl (C=O) groups excluding carboxylic acids is 2. The van der Waals surface area contributed by atoms with Crippen molar-refractivity contribution < 1.29 is 19.2 Å². The predicted octanol–water partition coefficient (Wildman–Crippen LogP) is 3.71. The van der Waals surface area contributed by atoms with Crippen molar-refractivity contribution in [3.8, 4) is 0 Å². The molecular weight excluding hydrogens is 444 g/mol. The molecule has 1 amide bonds. The molecule has 0 aliphatic heterocycles. The zero-order valence-corrected chi connectivity index (χ0v) is 18.3. The van der Waals surface area contributed by atoms with Gasteiger partial charge in [0.25, 0.3) is 5.69 Å². The van der Waals surface area contributed by atoms with Gasteiger partial charge in [-0.2, -0.15) is 0 Å². The lowest BCUT2D eigenvalue weighted by Crippen LogP contribution is -2.42. The quantitative estimate of drug-likeness (QED) is 0.257. The molecular formula is C23H20N4O5S. The summed E-state index contributed by atoms with van der Waals surface area (Å²) in [6.07, 6.45) is 2.67. The van der Waals surface area contributed by atoms with E-state index in [0.717, 1.165) is 5.56 Å². The van der Waals surface area contributed by atoms with Crippen LogP contribution in [0.5, 0.6) is 0 Å². The highest BCUT2D eigenvalue weighted by molar-refractivity contribution is 7.80. The first-order chi connectivity index (χ1) is 15.8. The molecule has 168 valence electrons. The number of alkyl carbamates (subject to hydrolysis) is 1. The van der Waals surface area contributed by atoms with Gasteiger partial charge in [0.05, 0.1) is 23.4 Å². The van der Waals surface area contributed by atoms with Gasteiger partial charge in [-0.25, -0.2) is 4.79 Å². The van der Waals surface area contributed by atoms with Gasteiger partial charge in [0.2, 0.25) is 0 Å². The molecule has 0 saturated carbocycles. The first-order valence-electron chi connectivity index (χ1n) is 9.80. The number of hydrogen-bond acceptors (Lipinski definition) is 7. The number of methoxy groups -OCH3 is 1. The van der Waals surface area contributed by atoms with Crippen molar-refractivity contribution in [3.05, 3.63) is 99.3 Å². The molecule has 10 heteroatoms. The number of hydrogen-bond donors (Lipinski definition) is 3. The maximum absolute atomic E-state index is 13.2. The third-order valence-corrected chi connectivity index (χ3v) is 5.18. The minimum absolute atomic E-state index is 0.0462. The highest BCUT2D eigenvalue weighted by Gasteiger charge is 2.31. The van der Waals surface area contributed by atoms with Crippen LogP contribution < -0.4 is 10.6 Å². The number of thiocarbonyl (C=S) groups is 1. The number of benzene rings is 2. The van der Waals surface area contributed by atoms with E-state index in [9.17, 15) is 19.7 Å². The lowest BCUT2D eigenvalue weighted by atomic mass is 9.80. The Labute approximate surface area is 194 Å². The van der Waals surface area contributed by atoms with Gasteiger partial charge < -0.3 is 15.5 Å². The second-order valence-electron chi connectivity index (χ2n) is 7.06. The van der Waals surface area contributed by atoms with Crippen molar-refractivity contribution >= 4 is 40.6 Å². The molecule has 0 heterocycles. The van der Waals surface area contributed by atoms with Crippen molar-refractivity contribution in [1.82, 2.24) is 10.6 Å². The molecule has 2 aromatic carbocycles. The molecule has 0 saturated heterocycles. The number of carbonyl (C=O) groups is 2. The monoisotopic (exact) mass is 464 g/mol. The largest absolute Gasteiger partial charge is 0.453 e. The number of nitrogens with zero attached hydrogens (tertiary/aromatic N) is 1. The first-order valence-corrected chi connectivity index (χ1v) is 10.2. The highest BCUT2D eigenvalue weighted by Crippen LogP contribution is 2.28. The maximum atomic E-state index is 13.2. The Morgan fingerprint density at radius 3 is 2.39 bits per heavy atom. The van der Waals surface area contributed by atoms with Crippen LogP contribution in [0.2, 0.25) is 0 Å². The summed E-state index contributed by atoms with van der Waals surface area (Å²) in [6, 6.07) is 14.7. The van der Waals surface area contributed by atoms with E-state index in [-0.39, 0.29) is 28.7 Å². The van der Waals surface area contributed by atoms with E-state index in [1.54, 1.807) is 54.6 Å². The summed E-state index contributed by atoms with van der Waals surface area (Å²) in [5.41, 5.74) is 1.96. The van der Waals surface area contributed by atoms with Gasteiger partial charge in [0, 0.05) is 29.2 Å². The van der Waals surface area contributed by atoms with Gasteiger partial charge in [-0.05, 0) is 30.3 Å². The van der Waals surface area contributed by atoms with Crippen molar-refractivity contribution in [2.75, 3.05) is 7.11 Å². The van der Waals surface area contributed by atoms with Crippen LogP contribution in [0.15, 0.2) is 78.0 Å². The van der Waals surface area contributed by atoms with Crippen LogP contribution in [0.25, 0.3) is 0 Å². The van der Waals surface area contributed by atoms with Gasteiger partial charge in [0.1, 0.15) is 0 Å². The number of ketones is 1. The lowest BCUT2D eigenvalue weighted by molar-refractivity contribution is -0.384. The Balaban J connectivity index is 1.91. The molecule has 3 N–H and O–H groups in total. The van der Waals surface area contributed by atoms with E-state index in [2.05, 4.69) is 15.4 Å². The van der Waals surface area contributed by atoms with Crippen LogP contribution in [-0.4, -0.2) is 34.7 Å². The molecule has 0 aromatic heterocycles. The van der Waals surface area contributed by atoms with Crippen LogP contribution in [0.4, 0.5) is 10.5 Å². The first kappa shape index (κ1) is 23.5. The van der Waals surface area contributed by atoms with Crippen LogP contribution >= 0.6 is 12.2 Å². The zero-order valence-electron chi connectivity index (χ0n) is 17.5. The van der Waals surface area contributed by atoms with Gasteiger partial charge in [0.15, 0.2) is 10.9 Å². The normalized spacial score (nSPS) is 15.1. The Kier molecular flexibility index (Phi) is 7.42. The minimum atomic E-state index is -0.756. The van der Waals surface area contributed by atoms with Gasteiger partial charge in [-0.15, -0.1) is 0 Å². The lowest BCUT2D eigenvalue weighted by Gasteiger charge is -2.26. The summed E-state index contributed by atoms with van der Waals surface area (Å²) >= 11 is 5.08. The van der Waals surface area contributed by atoms with Crippen molar-refractivity contribution in [3.63, 3.8) is 0 Å². The van der Waals surface area contributed by atoms with E-state index in [0.29, 0.717) is 16.8 Å². The standard InChI is InChI=1S/C23H20N4O5S/c1-32-23(29)26-22(33)25-19-12-11-17(21(28)15-5-3-2-4-6-15)18(20(19)24)13-14-7-9-16(10-8-14)27(30)31/h2-12,18,24H,13H2,1H3,(H2,25,26,29,33). The topological polar surface area (TPSA) is 134 Å². The van der Waals surface area contributed by atoms with Crippen LogP contribution in [-0.2, 0) is 11.2 Å². The predicted molar refractivity (Wildman–Crippen MR) is 126 cm³/mol. The molecule has 0 radical (unpaired) electrons. The number of nitro groups is 1. The fourth-order valence-electron chi connectivity index (χ4n) is 3.32. The van der Waals surface area contributed by atoms with Gasteiger partial charge in [-0.1, -0.05) is 48.5 Å². The number of Topliss-reactive ketones (excluding diaryl/α,β-unsaturated/α-hetero) is 1. The maximum Gasteiger partial charge on any atom is 0.413 e. The summed E-state index contributed by atoms with van der Waals surface area (Å²) in [6.45, 7) is 0. The summed E-state index contributed by atoms with van der Waals surface area (Å²) in [7, 11) is 1.20. The van der Waals surface area contributed by atoms with E-state index in [1.807, 2.05) is 0 Å². The number of allylic oxidation sites excluding steroid dienone is 4. The fraction of sp³-hybridized carbons (Fsp3) is 0.130. The summed E-state index contributed by atoms with van der Waals surface area (Å²) < 4.78 is 4.51. The summed E-state index contributed by atoms with van der Waals surface area (Å²) in [4.78, 5) is 35.0. The number of ether oxygens (including phenoxy) is 1. The number of amides is 1. The number of non-ortho nitro benzene ring substituents is 1. The molecule has 33 heavy (non-hydrogen) atoms. The van der Waals surface area contributed by atoms with Crippen molar-refractivity contribution in [2.45, 2.75) is 6.42 Å². The van der Waals surface area contributed by atoms with E-state index >= 15 is 0 Å². The molecule has 0 fully saturated rings. The van der Waals surface area contributed by atoms with Gasteiger partial charge >= 0.3 is 6.09 Å². The molecule has 0 bridgehead atoms. The number of nitrogens with one attached hydrogen (secondary N) is 3. The van der Waals surface area contributed by atoms with Crippen molar-refractivity contribution in [2.24, 2.45) is 5.92 Å². The molecule has 9 nitrogen and oxygen atoms in total. The second kappa shape index (κ2) is 10.4. The van der Waals surface area contributed by atoms with E-state index < -0.39 is 16.9 Å². The van der Waals surface area contributed by atoms with Gasteiger partial charge in [-0.3, -0.25) is 20.2 Å². The molecule has 1 aliphatic rings. The molecule has 1 atom stereocenters. The van der Waals surface area contributed by atoms with Crippen molar-refractivity contribution in [1.29, 1.82) is 5.41 Å². The zero-order chi connectivity index (χ0) is 24.0. The van der Waals surface area contributed by atoms with Crippen LogP contribution in [0.3, 0.4) is 0 Å². The van der Waals surface area contributed by atoms with E-state index in [1.165, 1.54) is 19.2 Å². The second-order valence-corrected chi connectivity index (χ2v) is 7.47. The Morgan fingerprint density at radius 1 is 1.12 bits per heavy atom. The Morgan fingerprint density at radius 2 is 1.79 bits per heavy atom. The Hall–Kier alpha value is -4.18. The summed E-state index contributed by atoms with van der Waals surface area (Å²) in [5.74, 6) is -0.870. The van der Waals surface area contributed by atoms with E-state index in [4.69, 9.17) is 17.6 Å². The minimum Gasteiger partial charge on any atom is -0.453 e. The fourth-order valence-corrected chi connectivity index (χ4v) is 3.51. The number of rotatable bonds is 6. The molecule has 1 unspecified atom stereocenters. The van der Waals surface area contributed by atoms with Crippen LogP contribution in [0.1, 0.15) is 15.9 Å². The summed E-state index contributed by atoms with van der Waals surface area (Å²) in [5, 5.41) is 24.7. The third kappa shape index (κ3) is 5.74. The third-order valence-electron chi connectivity index (χ3n) is 4.98. The SMILES string of the molecule is COC(=O)NC(=S)NC1=CC=C(C(=O)c2ccccc2)C(Cc2ccc([N+](=O)[O-])cc2)C1=N. The molecule has 1 aliphatic carbocycles. The highest BCUT2D eigenvalue weighted by atomic mass is 32.1. The molecule has 0 spiro atoms. The average molecular weight is 465 g/mol. The number of nitro benzene ring substituents is 1.